The lowest BCUT2D eigenvalue weighted by molar-refractivity contribution is -0.113. The van der Waals surface area contributed by atoms with E-state index in [1.165, 1.54) is 54.5 Å². The Bertz CT molecular complexity index is 1130. The van der Waals surface area contributed by atoms with E-state index >= 15 is 0 Å². The van der Waals surface area contributed by atoms with Gasteiger partial charge in [0.05, 0.1) is 28.9 Å². The molecule has 1 fully saturated rings. The normalized spacial score (nSPS) is 15.4. The molecule has 1 aliphatic heterocycles. The summed E-state index contributed by atoms with van der Waals surface area (Å²) in [7, 11) is 0. The van der Waals surface area contributed by atoms with Gasteiger partial charge in [-0.2, -0.15) is 0 Å². The van der Waals surface area contributed by atoms with Crippen LogP contribution in [0.1, 0.15) is 75.2 Å². The SMILES string of the molecule is CCCCCCCC(C)Oc1ccc(C=C2SC(=S)N(c3cccc(C(=O)O)c3)C2=O)cc1OCC. The summed E-state index contributed by atoms with van der Waals surface area (Å²) in [6, 6.07) is 11.8. The Labute approximate surface area is 222 Å². The predicted octanol–water partition coefficient (Wildman–Crippen LogP) is 7.32. The quantitative estimate of drug-likeness (QED) is 0.166. The molecule has 1 saturated heterocycles. The minimum Gasteiger partial charge on any atom is -0.490 e. The van der Waals surface area contributed by atoms with Crippen molar-refractivity contribution in [2.75, 3.05) is 11.5 Å². The van der Waals surface area contributed by atoms with Gasteiger partial charge in [0.1, 0.15) is 0 Å². The second kappa shape index (κ2) is 13.5. The van der Waals surface area contributed by atoms with Crippen molar-refractivity contribution in [3.63, 3.8) is 0 Å². The van der Waals surface area contributed by atoms with Crippen molar-refractivity contribution < 1.29 is 24.2 Å². The molecule has 1 unspecified atom stereocenters. The number of rotatable bonds is 13. The smallest absolute Gasteiger partial charge is 0.335 e. The second-order valence-electron chi connectivity index (χ2n) is 8.64. The fraction of sp³-hybridized carbons (Fsp3) is 0.393. The van der Waals surface area contributed by atoms with Crippen molar-refractivity contribution in [2.24, 2.45) is 0 Å². The van der Waals surface area contributed by atoms with E-state index in [1.54, 1.807) is 18.2 Å². The van der Waals surface area contributed by atoms with Crippen molar-refractivity contribution in [3.05, 3.63) is 58.5 Å². The van der Waals surface area contributed by atoms with Crippen LogP contribution in [0.2, 0.25) is 0 Å². The Morgan fingerprint density at radius 3 is 2.61 bits per heavy atom. The Morgan fingerprint density at radius 1 is 1.11 bits per heavy atom. The minimum atomic E-state index is -1.06. The van der Waals surface area contributed by atoms with Gasteiger partial charge in [0.25, 0.3) is 5.91 Å². The standard InChI is InChI=1S/C28H33NO5S2/c1-4-6-7-8-9-11-19(3)34-23-15-14-20(16-24(23)33-5-2)17-25-26(30)29(28(35)36-25)22-13-10-12-21(18-22)27(31)32/h10,12-19H,4-9,11H2,1-3H3,(H,31,32). The fourth-order valence-electron chi connectivity index (χ4n) is 3.91. The van der Waals surface area contributed by atoms with Gasteiger partial charge in [0.2, 0.25) is 0 Å². The van der Waals surface area contributed by atoms with Crippen molar-refractivity contribution in [1.29, 1.82) is 0 Å². The van der Waals surface area contributed by atoms with E-state index in [1.807, 2.05) is 25.1 Å². The zero-order valence-electron chi connectivity index (χ0n) is 21.0. The summed E-state index contributed by atoms with van der Waals surface area (Å²) in [5.74, 6) is -0.0289. The summed E-state index contributed by atoms with van der Waals surface area (Å²) in [5, 5.41) is 9.28. The van der Waals surface area contributed by atoms with Gasteiger partial charge in [-0.15, -0.1) is 0 Å². The van der Waals surface area contributed by atoms with Crippen molar-refractivity contribution in [1.82, 2.24) is 0 Å². The molecule has 0 saturated carbocycles. The first-order valence-corrected chi connectivity index (χ1v) is 13.6. The summed E-state index contributed by atoms with van der Waals surface area (Å²) < 4.78 is 12.4. The third-order valence-electron chi connectivity index (χ3n) is 5.75. The molecule has 6 nitrogen and oxygen atoms in total. The van der Waals surface area contributed by atoms with Gasteiger partial charge in [-0.1, -0.05) is 68.7 Å². The van der Waals surface area contributed by atoms with Crippen LogP contribution >= 0.6 is 24.0 Å². The molecule has 1 N–H and O–H groups in total. The molecule has 1 amide bonds. The van der Waals surface area contributed by atoms with Crippen LogP contribution in [0, 0.1) is 0 Å². The number of carbonyl (C=O) groups excluding carboxylic acids is 1. The molecule has 2 aromatic rings. The first-order valence-electron chi connectivity index (χ1n) is 12.4. The Kier molecular flexibility index (Phi) is 10.4. The van der Waals surface area contributed by atoms with E-state index in [0.717, 1.165) is 18.4 Å². The number of aromatic carboxylic acids is 1. The predicted molar refractivity (Wildman–Crippen MR) is 150 cm³/mol. The molecule has 0 aromatic heterocycles. The molecule has 3 rings (SSSR count). The zero-order valence-corrected chi connectivity index (χ0v) is 22.6. The Hall–Kier alpha value is -2.84. The molecule has 192 valence electrons. The van der Waals surface area contributed by atoms with Crippen LogP contribution < -0.4 is 14.4 Å². The lowest BCUT2D eigenvalue weighted by atomic mass is 10.1. The number of benzene rings is 2. The van der Waals surface area contributed by atoms with Gasteiger partial charge >= 0.3 is 5.97 Å². The van der Waals surface area contributed by atoms with Crippen LogP contribution in [0.5, 0.6) is 11.5 Å². The summed E-state index contributed by atoms with van der Waals surface area (Å²) in [4.78, 5) is 26.3. The maximum absolute atomic E-state index is 13.1. The number of nitrogens with zero attached hydrogens (tertiary/aromatic N) is 1. The van der Waals surface area contributed by atoms with Crippen LogP contribution in [0.4, 0.5) is 5.69 Å². The first-order chi connectivity index (χ1) is 17.3. The number of ether oxygens (including phenoxy) is 2. The molecule has 8 heteroatoms. The summed E-state index contributed by atoms with van der Waals surface area (Å²) >= 11 is 6.61. The molecular formula is C28H33NO5S2. The minimum absolute atomic E-state index is 0.0782. The number of amides is 1. The van der Waals surface area contributed by atoms with Gasteiger partial charge in [0.15, 0.2) is 15.8 Å². The topological polar surface area (TPSA) is 76.1 Å². The van der Waals surface area contributed by atoms with Crippen molar-refractivity contribution in [3.8, 4) is 11.5 Å². The monoisotopic (exact) mass is 527 g/mol. The number of unbranched alkanes of at least 4 members (excludes halogenated alkanes) is 4. The van der Waals surface area contributed by atoms with E-state index in [2.05, 4.69) is 13.8 Å². The van der Waals surface area contributed by atoms with E-state index in [0.29, 0.717) is 33.0 Å². The van der Waals surface area contributed by atoms with Crippen LogP contribution in [-0.4, -0.2) is 34.0 Å². The summed E-state index contributed by atoms with van der Waals surface area (Å²) in [6.07, 6.45) is 8.97. The lowest BCUT2D eigenvalue weighted by Crippen LogP contribution is -2.27. The first kappa shape index (κ1) is 27.7. The van der Waals surface area contributed by atoms with E-state index < -0.39 is 5.97 Å². The number of carbonyl (C=O) groups is 2. The number of hydrogen-bond donors (Lipinski definition) is 1. The molecule has 0 spiro atoms. The van der Waals surface area contributed by atoms with Crippen LogP contribution in [-0.2, 0) is 4.79 Å². The number of carboxylic acid groups (broad SMARTS) is 1. The number of thiocarbonyl (C=S) groups is 1. The van der Waals surface area contributed by atoms with Gasteiger partial charge < -0.3 is 14.6 Å². The van der Waals surface area contributed by atoms with Gasteiger partial charge in [-0.3, -0.25) is 9.69 Å². The average molecular weight is 528 g/mol. The number of thioether (sulfide) groups is 1. The van der Waals surface area contributed by atoms with E-state index in [4.69, 9.17) is 21.7 Å². The third-order valence-corrected chi connectivity index (χ3v) is 7.05. The average Bonchev–Trinajstić information content (AvgIpc) is 3.13. The lowest BCUT2D eigenvalue weighted by Gasteiger charge is -2.18. The second-order valence-corrected chi connectivity index (χ2v) is 10.3. The highest BCUT2D eigenvalue weighted by atomic mass is 32.2. The molecule has 0 bridgehead atoms. The highest BCUT2D eigenvalue weighted by molar-refractivity contribution is 8.27. The van der Waals surface area contributed by atoms with E-state index in [9.17, 15) is 14.7 Å². The molecule has 1 heterocycles. The summed E-state index contributed by atoms with van der Waals surface area (Å²) in [5.41, 5.74) is 1.32. The third kappa shape index (κ3) is 7.34. The zero-order chi connectivity index (χ0) is 26.1. The van der Waals surface area contributed by atoms with Gasteiger partial charge in [-0.05, 0) is 68.7 Å². The highest BCUT2D eigenvalue weighted by Gasteiger charge is 2.33. The number of anilines is 1. The van der Waals surface area contributed by atoms with Crippen molar-refractivity contribution >= 4 is 51.9 Å². The molecule has 1 aliphatic rings. The molecule has 36 heavy (non-hydrogen) atoms. The molecule has 0 aliphatic carbocycles. The summed E-state index contributed by atoms with van der Waals surface area (Å²) in [6.45, 7) is 6.71. The largest absolute Gasteiger partial charge is 0.490 e. The van der Waals surface area contributed by atoms with Crippen LogP contribution in [0.15, 0.2) is 47.4 Å². The maximum Gasteiger partial charge on any atom is 0.335 e. The van der Waals surface area contributed by atoms with Crippen molar-refractivity contribution in [2.45, 2.75) is 65.4 Å². The van der Waals surface area contributed by atoms with Crippen LogP contribution in [0.25, 0.3) is 6.08 Å². The Balaban J connectivity index is 1.74. The Morgan fingerprint density at radius 2 is 1.89 bits per heavy atom. The maximum atomic E-state index is 13.1. The van der Waals surface area contributed by atoms with Gasteiger partial charge in [-0.25, -0.2) is 4.79 Å². The highest BCUT2D eigenvalue weighted by Crippen LogP contribution is 2.37. The van der Waals surface area contributed by atoms with Crippen LogP contribution in [0.3, 0.4) is 0 Å². The molecule has 1 atom stereocenters. The molecule has 2 aromatic carbocycles. The van der Waals surface area contributed by atoms with Gasteiger partial charge in [0, 0.05) is 0 Å². The van der Waals surface area contributed by atoms with E-state index in [-0.39, 0.29) is 17.6 Å². The molecule has 0 radical (unpaired) electrons. The number of carboxylic acids is 1. The number of hydrogen-bond acceptors (Lipinski definition) is 6. The fourth-order valence-corrected chi connectivity index (χ4v) is 5.21. The molecular weight excluding hydrogens is 494 g/mol.